The molecule has 3 rings (SSSR count). The Hall–Kier alpha value is -3.50. The topological polar surface area (TPSA) is 54.9 Å². The van der Waals surface area contributed by atoms with Crippen LogP contribution < -0.4 is 5.32 Å². The maximum Gasteiger partial charge on any atom is 0.419 e. The zero-order valence-electron chi connectivity index (χ0n) is 15.3. The molecule has 1 atom stereocenters. The molecule has 0 bridgehead atoms. The molecule has 4 nitrogen and oxygen atoms in total. The van der Waals surface area contributed by atoms with Crippen LogP contribution in [0.4, 0.5) is 30.7 Å². The molecule has 1 N–H and O–H groups in total. The molecule has 2 heterocycles. The number of amides is 1. The van der Waals surface area contributed by atoms with Gasteiger partial charge in [-0.15, -0.1) is 0 Å². The summed E-state index contributed by atoms with van der Waals surface area (Å²) in [6.07, 6.45) is -7.60. The summed E-state index contributed by atoms with van der Waals surface area (Å²) >= 11 is 0. The first-order valence-corrected chi connectivity index (χ1v) is 8.59. The van der Waals surface area contributed by atoms with E-state index in [2.05, 4.69) is 15.3 Å². The smallest absolute Gasteiger partial charge is 0.338 e. The second kappa shape index (κ2) is 8.32. The summed E-state index contributed by atoms with van der Waals surface area (Å²) in [5, 5.41) is 2.25. The van der Waals surface area contributed by atoms with E-state index in [0.717, 1.165) is 18.3 Å². The van der Waals surface area contributed by atoms with E-state index >= 15 is 0 Å². The van der Waals surface area contributed by atoms with Crippen LogP contribution in [0.3, 0.4) is 0 Å². The van der Waals surface area contributed by atoms with Crippen molar-refractivity contribution in [1.82, 2.24) is 15.3 Å². The van der Waals surface area contributed by atoms with Crippen LogP contribution in [0.25, 0.3) is 0 Å². The fraction of sp³-hybridized carbons (Fsp3) is 0.150. The number of aromatic nitrogens is 2. The number of nitrogens with zero attached hydrogens (tertiary/aromatic N) is 2. The SMILES string of the molecule is O=C(NC(c1ccc(C(F)(F)F)c(F)c1)c1ncccc1C(F)(F)F)c1ccccn1. The molecular weight excluding hydrogens is 431 g/mol. The van der Waals surface area contributed by atoms with Crippen molar-refractivity contribution in [3.63, 3.8) is 0 Å². The summed E-state index contributed by atoms with van der Waals surface area (Å²) in [5.41, 5.74) is -4.06. The maximum absolute atomic E-state index is 14.1. The summed E-state index contributed by atoms with van der Waals surface area (Å²) < 4.78 is 93.3. The summed E-state index contributed by atoms with van der Waals surface area (Å²) in [4.78, 5) is 20.0. The Labute approximate surface area is 170 Å². The zero-order chi connectivity index (χ0) is 22.8. The number of hydrogen-bond donors (Lipinski definition) is 1. The zero-order valence-corrected chi connectivity index (χ0v) is 15.3. The number of benzene rings is 1. The number of halogens is 7. The lowest BCUT2D eigenvalue weighted by Crippen LogP contribution is -2.32. The van der Waals surface area contributed by atoms with Crippen molar-refractivity contribution in [2.24, 2.45) is 0 Å². The molecule has 0 saturated carbocycles. The van der Waals surface area contributed by atoms with Gasteiger partial charge in [-0.2, -0.15) is 26.3 Å². The summed E-state index contributed by atoms with van der Waals surface area (Å²) in [7, 11) is 0. The molecule has 1 aromatic carbocycles. The molecule has 2 aromatic heterocycles. The molecule has 31 heavy (non-hydrogen) atoms. The number of pyridine rings is 2. The highest BCUT2D eigenvalue weighted by Crippen LogP contribution is 2.37. The molecule has 1 amide bonds. The molecule has 0 aliphatic heterocycles. The van der Waals surface area contributed by atoms with Gasteiger partial charge in [0, 0.05) is 12.4 Å². The first-order valence-electron chi connectivity index (χ1n) is 8.59. The Kier molecular flexibility index (Phi) is 5.96. The van der Waals surface area contributed by atoms with Crippen LogP contribution in [0.2, 0.25) is 0 Å². The van der Waals surface area contributed by atoms with Crippen molar-refractivity contribution >= 4 is 5.91 Å². The van der Waals surface area contributed by atoms with Gasteiger partial charge in [0.25, 0.3) is 5.91 Å². The molecule has 0 spiro atoms. The summed E-state index contributed by atoms with van der Waals surface area (Å²) in [6.45, 7) is 0. The molecule has 1 unspecified atom stereocenters. The average molecular weight is 443 g/mol. The van der Waals surface area contributed by atoms with Crippen molar-refractivity contribution in [3.05, 3.63) is 94.8 Å². The molecule has 0 radical (unpaired) electrons. The van der Waals surface area contributed by atoms with E-state index in [1.165, 1.54) is 24.4 Å². The van der Waals surface area contributed by atoms with Gasteiger partial charge >= 0.3 is 12.4 Å². The van der Waals surface area contributed by atoms with Crippen molar-refractivity contribution in [2.45, 2.75) is 18.4 Å². The maximum atomic E-state index is 14.1. The van der Waals surface area contributed by atoms with E-state index in [0.29, 0.717) is 18.2 Å². The third-order valence-electron chi connectivity index (χ3n) is 4.22. The average Bonchev–Trinajstić information content (AvgIpc) is 2.71. The van der Waals surface area contributed by atoms with E-state index in [1.807, 2.05) is 0 Å². The lowest BCUT2D eigenvalue weighted by Gasteiger charge is -2.23. The van der Waals surface area contributed by atoms with Crippen molar-refractivity contribution in [1.29, 1.82) is 0 Å². The highest BCUT2D eigenvalue weighted by Gasteiger charge is 2.38. The van der Waals surface area contributed by atoms with E-state index in [4.69, 9.17) is 0 Å². The van der Waals surface area contributed by atoms with Gasteiger partial charge in [0.15, 0.2) is 0 Å². The van der Waals surface area contributed by atoms with Gasteiger partial charge in [-0.3, -0.25) is 14.8 Å². The van der Waals surface area contributed by atoms with Crippen LogP contribution in [-0.2, 0) is 12.4 Å². The normalized spacial score (nSPS) is 13.0. The minimum absolute atomic E-state index is 0.163. The van der Waals surface area contributed by atoms with Crippen LogP contribution in [0, 0.1) is 5.82 Å². The predicted molar refractivity (Wildman–Crippen MR) is 94.2 cm³/mol. The summed E-state index contributed by atoms with van der Waals surface area (Å²) in [5.74, 6) is -2.63. The van der Waals surface area contributed by atoms with Crippen molar-refractivity contribution < 1.29 is 35.5 Å². The van der Waals surface area contributed by atoms with Crippen molar-refractivity contribution in [3.8, 4) is 0 Å². The van der Waals surface area contributed by atoms with Gasteiger partial charge in [-0.05, 0) is 42.0 Å². The Morgan fingerprint density at radius 3 is 2.10 bits per heavy atom. The Morgan fingerprint density at radius 2 is 1.52 bits per heavy atom. The van der Waals surface area contributed by atoms with E-state index < -0.39 is 46.9 Å². The van der Waals surface area contributed by atoms with Gasteiger partial charge in [0.05, 0.1) is 22.9 Å². The van der Waals surface area contributed by atoms with Crippen LogP contribution in [0.5, 0.6) is 0 Å². The van der Waals surface area contributed by atoms with Crippen LogP contribution >= 0.6 is 0 Å². The number of nitrogens with one attached hydrogen (secondary N) is 1. The molecule has 0 saturated heterocycles. The number of rotatable bonds is 4. The van der Waals surface area contributed by atoms with Crippen LogP contribution in [0.1, 0.15) is 38.9 Å². The van der Waals surface area contributed by atoms with Crippen molar-refractivity contribution in [2.75, 3.05) is 0 Å². The number of hydrogen-bond acceptors (Lipinski definition) is 3. The molecule has 0 aliphatic rings. The van der Waals surface area contributed by atoms with E-state index in [-0.39, 0.29) is 11.3 Å². The molecule has 0 aliphatic carbocycles. The molecule has 11 heteroatoms. The second-order valence-electron chi connectivity index (χ2n) is 6.29. The first-order chi connectivity index (χ1) is 14.5. The highest BCUT2D eigenvalue weighted by molar-refractivity contribution is 5.92. The van der Waals surface area contributed by atoms with Gasteiger partial charge in [0.2, 0.25) is 0 Å². The minimum atomic E-state index is -5.00. The minimum Gasteiger partial charge on any atom is -0.338 e. The summed E-state index contributed by atoms with van der Waals surface area (Å²) in [6, 6.07) is 5.83. The predicted octanol–water partition coefficient (Wildman–Crippen LogP) is 5.17. The number of carbonyl (C=O) groups excluding carboxylic acids is 1. The van der Waals surface area contributed by atoms with Gasteiger partial charge in [-0.25, -0.2) is 4.39 Å². The molecule has 3 aromatic rings. The number of alkyl halides is 6. The third-order valence-corrected chi connectivity index (χ3v) is 4.22. The fourth-order valence-electron chi connectivity index (χ4n) is 2.84. The lowest BCUT2D eigenvalue weighted by molar-refractivity contribution is -0.140. The molecular formula is C20H12F7N3O. The van der Waals surface area contributed by atoms with Crippen LogP contribution in [0.15, 0.2) is 60.9 Å². The standard InChI is InChI=1S/C20H12F7N3O/c21-14-10-11(6-7-12(14)19(22,23)24)16(30-18(31)15-5-1-2-8-28-15)17-13(20(25,26)27)4-3-9-29-17/h1-10,16H,(H,30,31). The van der Waals surface area contributed by atoms with E-state index in [9.17, 15) is 35.5 Å². The van der Waals surface area contributed by atoms with Crippen LogP contribution in [-0.4, -0.2) is 15.9 Å². The third kappa shape index (κ3) is 4.98. The quantitative estimate of drug-likeness (QED) is 0.566. The Morgan fingerprint density at radius 1 is 0.839 bits per heavy atom. The van der Waals surface area contributed by atoms with E-state index in [1.54, 1.807) is 0 Å². The van der Waals surface area contributed by atoms with Gasteiger partial charge < -0.3 is 5.32 Å². The lowest BCUT2D eigenvalue weighted by atomic mass is 9.97. The van der Waals surface area contributed by atoms with Gasteiger partial charge in [0.1, 0.15) is 11.5 Å². The monoisotopic (exact) mass is 443 g/mol. The second-order valence-corrected chi connectivity index (χ2v) is 6.29. The largest absolute Gasteiger partial charge is 0.419 e. The first kappa shape index (κ1) is 22.2. The fourth-order valence-corrected chi connectivity index (χ4v) is 2.84. The highest BCUT2D eigenvalue weighted by atomic mass is 19.4. The number of carbonyl (C=O) groups is 1. The Bertz CT molecular complexity index is 1080. The van der Waals surface area contributed by atoms with Gasteiger partial charge in [-0.1, -0.05) is 12.1 Å². The Balaban J connectivity index is 2.12. The molecule has 0 fully saturated rings. The molecule has 162 valence electrons.